The molecular formula is C10H14F2N2O2S. The average Bonchev–Trinajstić information content (AvgIpc) is 2.84. The minimum Gasteiger partial charge on any atom is -0.336 e. The van der Waals surface area contributed by atoms with Gasteiger partial charge in [0.1, 0.15) is 0 Å². The minimum absolute atomic E-state index is 0.00394. The molecule has 7 heteroatoms. The largest absolute Gasteiger partial charge is 0.336 e. The van der Waals surface area contributed by atoms with Gasteiger partial charge in [0, 0.05) is 24.7 Å². The molecule has 1 aliphatic carbocycles. The van der Waals surface area contributed by atoms with Gasteiger partial charge in [-0.05, 0) is 19.3 Å². The average molecular weight is 264 g/mol. The first-order valence-electron chi connectivity index (χ1n) is 5.52. The highest BCUT2D eigenvalue weighted by Crippen LogP contribution is 2.42. The maximum Gasteiger partial charge on any atom is 0.250 e. The number of aromatic amines is 1. The lowest BCUT2D eigenvalue weighted by Gasteiger charge is -2.18. The molecule has 1 aliphatic rings. The monoisotopic (exact) mass is 264 g/mol. The van der Waals surface area contributed by atoms with Crippen molar-refractivity contribution in [2.45, 2.75) is 36.8 Å². The van der Waals surface area contributed by atoms with E-state index < -0.39 is 21.7 Å². The number of hydrogen-bond acceptors (Lipinski definition) is 3. The van der Waals surface area contributed by atoms with Crippen LogP contribution in [0.2, 0.25) is 0 Å². The molecular weight excluding hydrogens is 250 g/mol. The van der Waals surface area contributed by atoms with Gasteiger partial charge in [-0.3, -0.25) is 0 Å². The lowest BCUT2D eigenvalue weighted by molar-refractivity contribution is -0.0374. The maximum absolute atomic E-state index is 13.3. The Morgan fingerprint density at radius 2 is 2.29 bits per heavy atom. The summed E-state index contributed by atoms with van der Waals surface area (Å²) in [5.41, 5.74) is 0. The van der Waals surface area contributed by atoms with Crippen LogP contribution in [0.15, 0.2) is 17.6 Å². The van der Waals surface area contributed by atoms with Crippen molar-refractivity contribution in [3.8, 4) is 0 Å². The Bertz CT molecular complexity index is 471. The summed E-state index contributed by atoms with van der Waals surface area (Å²) in [6, 6.07) is 0. The number of hydrogen-bond donors (Lipinski definition) is 1. The van der Waals surface area contributed by atoms with Crippen molar-refractivity contribution in [3.05, 3.63) is 12.4 Å². The highest BCUT2D eigenvalue weighted by atomic mass is 32.2. The van der Waals surface area contributed by atoms with Crippen molar-refractivity contribution in [1.29, 1.82) is 0 Å². The zero-order valence-corrected chi connectivity index (χ0v) is 10.0. The smallest absolute Gasteiger partial charge is 0.250 e. The molecule has 96 valence electrons. The van der Waals surface area contributed by atoms with E-state index in [0.29, 0.717) is 12.8 Å². The van der Waals surface area contributed by atoms with Crippen LogP contribution in [-0.2, 0) is 9.84 Å². The molecule has 4 nitrogen and oxygen atoms in total. The Morgan fingerprint density at radius 1 is 1.53 bits per heavy atom. The number of nitrogens with one attached hydrogen (secondary N) is 1. The fraction of sp³-hybridized carbons (Fsp3) is 0.700. The lowest BCUT2D eigenvalue weighted by atomic mass is 10.0. The van der Waals surface area contributed by atoms with Crippen molar-refractivity contribution in [3.63, 3.8) is 0 Å². The summed E-state index contributed by atoms with van der Waals surface area (Å²) < 4.78 is 50.1. The third-order valence-corrected chi connectivity index (χ3v) is 4.75. The molecule has 1 unspecified atom stereocenters. The third-order valence-electron chi connectivity index (χ3n) is 3.16. The Hall–Kier alpha value is -0.980. The minimum atomic E-state index is -3.55. The van der Waals surface area contributed by atoms with Gasteiger partial charge in [0.15, 0.2) is 0 Å². The van der Waals surface area contributed by atoms with E-state index >= 15 is 0 Å². The van der Waals surface area contributed by atoms with Crippen LogP contribution in [0.5, 0.6) is 0 Å². The van der Waals surface area contributed by atoms with Crippen molar-refractivity contribution in [2.75, 3.05) is 5.75 Å². The summed E-state index contributed by atoms with van der Waals surface area (Å²) in [4.78, 5) is 6.13. The molecule has 0 amide bonds. The summed E-state index contributed by atoms with van der Waals surface area (Å²) in [5.74, 6) is -3.80. The van der Waals surface area contributed by atoms with E-state index in [2.05, 4.69) is 9.97 Å². The fourth-order valence-corrected chi connectivity index (χ4v) is 3.43. The molecule has 17 heavy (non-hydrogen) atoms. The zero-order valence-electron chi connectivity index (χ0n) is 9.20. The molecule has 0 radical (unpaired) electrons. The van der Waals surface area contributed by atoms with Crippen LogP contribution < -0.4 is 0 Å². The number of H-pyrrole nitrogens is 1. The number of halogens is 2. The molecule has 0 aliphatic heterocycles. The van der Waals surface area contributed by atoms with Gasteiger partial charge in [-0.1, -0.05) is 0 Å². The van der Waals surface area contributed by atoms with E-state index in [9.17, 15) is 17.2 Å². The summed E-state index contributed by atoms with van der Waals surface area (Å²) in [5, 5.41) is -0.140. The van der Waals surface area contributed by atoms with Crippen LogP contribution >= 0.6 is 0 Å². The molecule has 1 atom stereocenters. The molecule has 2 rings (SSSR count). The van der Waals surface area contributed by atoms with Crippen molar-refractivity contribution >= 4 is 9.84 Å². The molecule has 0 spiro atoms. The summed E-state index contributed by atoms with van der Waals surface area (Å²) in [7, 11) is -3.55. The maximum atomic E-state index is 13.3. The Kier molecular flexibility index (Phi) is 3.20. The van der Waals surface area contributed by atoms with Gasteiger partial charge >= 0.3 is 0 Å². The number of nitrogens with zero attached hydrogens (tertiary/aromatic N) is 1. The standard InChI is InChI=1S/C10H14F2N2O2S/c11-10(12)4-1-2-8(10)3-7-17(15,16)9-13-5-6-14-9/h5-6,8H,1-4,7H2,(H,13,14). The highest BCUT2D eigenvalue weighted by Gasteiger charge is 2.43. The van der Waals surface area contributed by atoms with Gasteiger partial charge in [0.25, 0.3) is 5.92 Å². The lowest BCUT2D eigenvalue weighted by Crippen LogP contribution is -2.24. The molecule has 0 aromatic carbocycles. The molecule has 1 aromatic rings. The summed E-state index contributed by atoms with van der Waals surface area (Å²) in [6.07, 6.45) is 3.47. The summed E-state index contributed by atoms with van der Waals surface area (Å²) >= 11 is 0. The van der Waals surface area contributed by atoms with Gasteiger partial charge in [-0.15, -0.1) is 0 Å². The predicted molar refractivity (Wildman–Crippen MR) is 57.5 cm³/mol. The zero-order chi connectivity index (χ0) is 12.5. The molecule has 1 N–H and O–H groups in total. The second-order valence-electron chi connectivity index (χ2n) is 4.35. The van der Waals surface area contributed by atoms with Crippen LogP contribution in [0.25, 0.3) is 0 Å². The van der Waals surface area contributed by atoms with Crippen molar-refractivity contribution in [2.24, 2.45) is 5.92 Å². The van der Waals surface area contributed by atoms with E-state index in [1.54, 1.807) is 0 Å². The first-order chi connectivity index (χ1) is 7.92. The second kappa shape index (κ2) is 4.36. The Labute approximate surface area is 98.4 Å². The van der Waals surface area contributed by atoms with Gasteiger partial charge in [-0.25, -0.2) is 22.2 Å². The van der Waals surface area contributed by atoms with Crippen LogP contribution in [0.3, 0.4) is 0 Å². The number of imidazole rings is 1. The van der Waals surface area contributed by atoms with Gasteiger partial charge in [-0.2, -0.15) is 0 Å². The van der Waals surface area contributed by atoms with Crippen molar-refractivity contribution in [1.82, 2.24) is 9.97 Å². The molecule has 1 saturated carbocycles. The number of sulfone groups is 1. The van der Waals surface area contributed by atoms with E-state index in [4.69, 9.17) is 0 Å². The topological polar surface area (TPSA) is 62.8 Å². The molecule has 1 heterocycles. The van der Waals surface area contributed by atoms with E-state index in [1.165, 1.54) is 12.4 Å². The molecule has 1 fully saturated rings. The number of rotatable bonds is 4. The third kappa shape index (κ3) is 2.65. The Balaban J connectivity index is 1.99. The molecule has 0 bridgehead atoms. The van der Waals surface area contributed by atoms with Gasteiger partial charge in [0.05, 0.1) is 5.75 Å². The summed E-state index contributed by atoms with van der Waals surface area (Å²) in [6.45, 7) is 0. The molecule has 1 aromatic heterocycles. The SMILES string of the molecule is O=S(=O)(CCC1CCCC1(F)F)c1ncc[nH]1. The normalized spacial score (nSPS) is 24.0. The first-order valence-corrected chi connectivity index (χ1v) is 7.17. The second-order valence-corrected chi connectivity index (χ2v) is 6.38. The van der Waals surface area contributed by atoms with E-state index in [1.807, 2.05) is 0 Å². The van der Waals surface area contributed by atoms with Crippen molar-refractivity contribution < 1.29 is 17.2 Å². The van der Waals surface area contributed by atoms with Crippen LogP contribution in [0.1, 0.15) is 25.7 Å². The van der Waals surface area contributed by atoms with Crippen LogP contribution in [0.4, 0.5) is 8.78 Å². The Morgan fingerprint density at radius 3 is 2.82 bits per heavy atom. The highest BCUT2D eigenvalue weighted by molar-refractivity contribution is 7.91. The molecule has 0 saturated heterocycles. The van der Waals surface area contributed by atoms with Crippen LogP contribution in [0, 0.1) is 5.92 Å². The van der Waals surface area contributed by atoms with Gasteiger partial charge in [0.2, 0.25) is 15.0 Å². The van der Waals surface area contributed by atoms with E-state index in [-0.39, 0.29) is 23.8 Å². The predicted octanol–water partition coefficient (Wildman–Crippen LogP) is 2.01. The quantitative estimate of drug-likeness (QED) is 0.904. The van der Waals surface area contributed by atoms with E-state index in [0.717, 1.165) is 0 Å². The number of alkyl halides is 2. The first kappa shape index (κ1) is 12.5. The van der Waals surface area contributed by atoms with Crippen LogP contribution in [-0.4, -0.2) is 30.1 Å². The van der Waals surface area contributed by atoms with Gasteiger partial charge < -0.3 is 4.98 Å². The number of aromatic nitrogens is 2. The fourth-order valence-electron chi connectivity index (χ4n) is 2.17.